The van der Waals surface area contributed by atoms with E-state index in [1.165, 1.54) is 19.4 Å². The normalized spacial score (nSPS) is 20.1. The minimum atomic E-state index is -0.961. The van der Waals surface area contributed by atoms with Crippen LogP contribution in [0.25, 0.3) is 0 Å². The Morgan fingerprint density at radius 3 is 2.55 bits per heavy atom. The Bertz CT molecular complexity index is 506. The molecule has 1 aliphatic carbocycles. The van der Waals surface area contributed by atoms with Crippen molar-refractivity contribution in [2.75, 3.05) is 43.4 Å². The molecule has 108 valence electrons. The fraction of sp³-hybridized carbons (Fsp3) is 0.533. The molecule has 1 saturated heterocycles. The Balaban J connectivity index is 1.68. The molecule has 1 saturated carbocycles. The summed E-state index contributed by atoms with van der Waals surface area (Å²) in [5.41, 5.74) is 7.44. The topological polar surface area (TPSA) is 69.8 Å². The van der Waals surface area contributed by atoms with Crippen molar-refractivity contribution in [2.45, 2.75) is 12.8 Å². The number of nitrogens with two attached hydrogens (primary N) is 1. The largest absolute Gasteiger partial charge is 0.478 e. The monoisotopic (exact) mass is 275 g/mol. The van der Waals surface area contributed by atoms with Gasteiger partial charge in [-0.05, 0) is 30.9 Å². The van der Waals surface area contributed by atoms with Gasteiger partial charge in [0.1, 0.15) is 0 Å². The van der Waals surface area contributed by atoms with Gasteiger partial charge in [0.15, 0.2) is 0 Å². The third-order valence-corrected chi connectivity index (χ3v) is 4.24. The molecule has 0 aromatic heterocycles. The van der Waals surface area contributed by atoms with E-state index >= 15 is 0 Å². The van der Waals surface area contributed by atoms with Crippen molar-refractivity contribution < 1.29 is 9.90 Å². The van der Waals surface area contributed by atoms with Gasteiger partial charge in [0, 0.05) is 32.7 Å². The maximum atomic E-state index is 11.1. The van der Waals surface area contributed by atoms with Crippen LogP contribution in [0.4, 0.5) is 11.4 Å². The van der Waals surface area contributed by atoms with E-state index in [4.69, 9.17) is 10.8 Å². The Morgan fingerprint density at radius 2 is 1.95 bits per heavy atom. The predicted octanol–water partition coefficient (Wildman–Crippen LogP) is 1.50. The standard InChI is InChI=1S/C15H21N3O2/c16-14-12(15(19)20)2-1-3-13(14)18-8-6-17(7-9-18)10-11-4-5-11/h1-3,11H,4-10,16H2,(H,19,20). The Hall–Kier alpha value is -1.75. The first-order valence-electron chi connectivity index (χ1n) is 7.24. The molecule has 0 unspecified atom stereocenters. The lowest BCUT2D eigenvalue weighted by Crippen LogP contribution is -2.47. The summed E-state index contributed by atoms with van der Waals surface area (Å²) in [7, 11) is 0. The summed E-state index contributed by atoms with van der Waals surface area (Å²) in [6.45, 7) is 5.12. The van der Waals surface area contributed by atoms with Gasteiger partial charge in [-0.2, -0.15) is 0 Å². The zero-order chi connectivity index (χ0) is 14.1. The third kappa shape index (κ3) is 2.72. The maximum absolute atomic E-state index is 11.1. The number of carboxylic acid groups (broad SMARTS) is 1. The highest BCUT2D eigenvalue weighted by atomic mass is 16.4. The Labute approximate surface area is 119 Å². The number of rotatable bonds is 4. The van der Waals surface area contributed by atoms with Crippen LogP contribution in [-0.2, 0) is 0 Å². The van der Waals surface area contributed by atoms with Gasteiger partial charge in [0.2, 0.25) is 0 Å². The van der Waals surface area contributed by atoms with E-state index < -0.39 is 5.97 Å². The molecular formula is C15H21N3O2. The number of anilines is 2. The molecule has 0 atom stereocenters. The van der Waals surface area contributed by atoms with Gasteiger partial charge in [0.25, 0.3) is 0 Å². The maximum Gasteiger partial charge on any atom is 0.337 e. The lowest BCUT2D eigenvalue weighted by atomic mass is 10.1. The Kier molecular flexibility index (Phi) is 3.53. The van der Waals surface area contributed by atoms with Crippen molar-refractivity contribution in [3.63, 3.8) is 0 Å². The van der Waals surface area contributed by atoms with E-state index in [-0.39, 0.29) is 5.56 Å². The second kappa shape index (κ2) is 5.32. The van der Waals surface area contributed by atoms with E-state index in [9.17, 15) is 4.79 Å². The summed E-state index contributed by atoms with van der Waals surface area (Å²) in [6.07, 6.45) is 2.77. The van der Waals surface area contributed by atoms with Gasteiger partial charge < -0.3 is 15.7 Å². The molecule has 3 rings (SSSR count). The van der Waals surface area contributed by atoms with E-state index in [0.29, 0.717) is 5.69 Å². The van der Waals surface area contributed by atoms with Crippen LogP contribution in [-0.4, -0.2) is 48.7 Å². The number of carboxylic acids is 1. The molecular weight excluding hydrogens is 254 g/mol. The van der Waals surface area contributed by atoms with Gasteiger partial charge in [-0.1, -0.05) is 6.07 Å². The highest BCUT2D eigenvalue weighted by Crippen LogP contribution is 2.31. The first-order chi connectivity index (χ1) is 9.65. The number of hydrogen-bond donors (Lipinski definition) is 2. The molecule has 0 radical (unpaired) electrons. The van der Waals surface area contributed by atoms with Crippen molar-refractivity contribution in [1.82, 2.24) is 4.90 Å². The number of hydrogen-bond acceptors (Lipinski definition) is 4. The van der Waals surface area contributed by atoms with E-state index in [1.807, 2.05) is 6.07 Å². The fourth-order valence-electron chi connectivity index (χ4n) is 2.85. The predicted molar refractivity (Wildman–Crippen MR) is 79.2 cm³/mol. The number of nitrogen functional groups attached to an aromatic ring is 1. The van der Waals surface area contributed by atoms with Gasteiger partial charge in [-0.25, -0.2) is 4.79 Å². The van der Waals surface area contributed by atoms with E-state index in [2.05, 4.69) is 9.80 Å². The molecule has 20 heavy (non-hydrogen) atoms. The summed E-state index contributed by atoms with van der Waals surface area (Å²) < 4.78 is 0. The van der Waals surface area contributed by atoms with Crippen LogP contribution in [0.15, 0.2) is 18.2 Å². The SMILES string of the molecule is Nc1c(C(=O)O)cccc1N1CCN(CC2CC2)CC1. The van der Waals surface area contributed by atoms with Crippen LogP contribution in [0.5, 0.6) is 0 Å². The molecule has 0 bridgehead atoms. The van der Waals surface area contributed by atoms with Gasteiger partial charge >= 0.3 is 5.97 Å². The average molecular weight is 275 g/mol. The van der Waals surface area contributed by atoms with Crippen LogP contribution in [0.2, 0.25) is 0 Å². The van der Waals surface area contributed by atoms with E-state index in [1.54, 1.807) is 12.1 Å². The molecule has 2 fully saturated rings. The molecule has 2 aliphatic rings. The lowest BCUT2D eigenvalue weighted by Gasteiger charge is -2.36. The highest BCUT2D eigenvalue weighted by molar-refractivity contribution is 5.97. The number of benzene rings is 1. The highest BCUT2D eigenvalue weighted by Gasteiger charge is 2.27. The molecule has 5 heteroatoms. The minimum absolute atomic E-state index is 0.197. The number of para-hydroxylation sites is 1. The van der Waals surface area contributed by atoms with Crippen molar-refractivity contribution in [2.24, 2.45) is 5.92 Å². The third-order valence-electron chi connectivity index (χ3n) is 4.24. The van der Waals surface area contributed by atoms with Crippen LogP contribution >= 0.6 is 0 Å². The van der Waals surface area contributed by atoms with Gasteiger partial charge in [0.05, 0.1) is 16.9 Å². The molecule has 1 aromatic carbocycles. The molecule has 0 spiro atoms. The lowest BCUT2D eigenvalue weighted by molar-refractivity contribution is 0.0698. The van der Waals surface area contributed by atoms with E-state index in [0.717, 1.165) is 37.8 Å². The van der Waals surface area contributed by atoms with Crippen molar-refractivity contribution >= 4 is 17.3 Å². The average Bonchev–Trinajstić information content (AvgIpc) is 3.24. The number of nitrogens with zero attached hydrogens (tertiary/aromatic N) is 2. The summed E-state index contributed by atoms with van der Waals surface area (Å²) in [4.78, 5) is 15.8. The van der Waals surface area contributed by atoms with Gasteiger partial charge in [-0.15, -0.1) is 0 Å². The number of piperazine rings is 1. The van der Waals surface area contributed by atoms with Gasteiger partial charge in [-0.3, -0.25) is 4.90 Å². The zero-order valence-electron chi connectivity index (χ0n) is 11.6. The van der Waals surface area contributed by atoms with Crippen molar-refractivity contribution in [3.05, 3.63) is 23.8 Å². The first-order valence-corrected chi connectivity index (χ1v) is 7.24. The smallest absolute Gasteiger partial charge is 0.337 e. The fourth-order valence-corrected chi connectivity index (χ4v) is 2.85. The zero-order valence-corrected chi connectivity index (χ0v) is 11.6. The van der Waals surface area contributed by atoms with Crippen LogP contribution in [0.3, 0.4) is 0 Å². The summed E-state index contributed by atoms with van der Waals surface area (Å²) in [5.74, 6) is -0.0429. The molecule has 5 nitrogen and oxygen atoms in total. The minimum Gasteiger partial charge on any atom is -0.478 e. The molecule has 0 amide bonds. The number of aromatic carboxylic acids is 1. The Morgan fingerprint density at radius 1 is 1.25 bits per heavy atom. The van der Waals surface area contributed by atoms with Crippen LogP contribution in [0.1, 0.15) is 23.2 Å². The number of carbonyl (C=O) groups is 1. The quantitative estimate of drug-likeness (QED) is 0.815. The summed E-state index contributed by atoms with van der Waals surface area (Å²) >= 11 is 0. The molecule has 1 heterocycles. The summed E-state index contributed by atoms with van der Waals surface area (Å²) in [6, 6.07) is 5.24. The second-order valence-corrected chi connectivity index (χ2v) is 5.77. The van der Waals surface area contributed by atoms with Crippen molar-refractivity contribution in [3.8, 4) is 0 Å². The molecule has 3 N–H and O–H groups in total. The molecule has 1 aliphatic heterocycles. The van der Waals surface area contributed by atoms with Crippen LogP contribution in [0, 0.1) is 5.92 Å². The second-order valence-electron chi connectivity index (χ2n) is 5.77. The molecule has 1 aromatic rings. The summed E-state index contributed by atoms with van der Waals surface area (Å²) in [5, 5.41) is 9.13. The van der Waals surface area contributed by atoms with Crippen LogP contribution < -0.4 is 10.6 Å². The first kappa shape index (κ1) is 13.2. The van der Waals surface area contributed by atoms with Crippen molar-refractivity contribution in [1.29, 1.82) is 0 Å².